The summed E-state index contributed by atoms with van der Waals surface area (Å²) in [5.41, 5.74) is 7.32. The number of H-pyrrole nitrogens is 1. The maximum atomic E-state index is 6.63. The molecule has 4 aromatic rings. The lowest BCUT2D eigenvalue weighted by Gasteiger charge is -2.30. The minimum Gasteiger partial charge on any atom is -0.473 e. The van der Waals surface area contributed by atoms with E-state index in [1.807, 2.05) is 22.6 Å². The van der Waals surface area contributed by atoms with Gasteiger partial charge >= 0.3 is 0 Å². The monoisotopic (exact) mass is 491 g/mol. The van der Waals surface area contributed by atoms with E-state index in [1.165, 1.54) is 5.69 Å². The number of benzene rings is 1. The van der Waals surface area contributed by atoms with Crippen molar-refractivity contribution in [1.29, 1.82) is 0 Å². The number of rotatable bonds is 3. The number of aryl methyl sites for hydroxylation is 2. The van der Waals surface area contributed by atoms with Crippen LogP contribution in [0.1, 0.15) is 43.4 Å². The fourth-order valence-electron chi connectivity index (χ4n) is 4.74. The number of thioether (sulfide) groups is 1. The number of fused-ring (bicyclic) bond motifs is 4. The molecule has 4 heterocycles. The molecule has 3 aromatic heterocycles. The summed E-state index contributed by atoms with van der Waals surface area (Å²) in [6.45, 7) is 10.2. The molecule has 1 N–H and O–H groups in total. The number of hydrogen-bond donors (Lipinski definition) is 1. The normalized spacial score (nSPS) is 17.7. The van der Waals surface area contributed by atoms with Crippen LogP contribution < -0.4 is 4.74 Å². The molecule has 1 aliphatic rings. The van der Waals surface area contributed by atoms with Crippen LogP contribution in [-0.2, 0) is 19.5 Å². The molecule has 184 valence electrons. The van der Waals surface area contributed by atoms with Crippen LogP contribution in [0.2, 0.25) is 0 Å². The SMILES string of the molecule is CSCn1ncc2c1O[C@@H](C)CN(C(C)C)Cc1c(c(C)nn1C)/C=C/c1[nH]nc3ccc-2cc13. The van der Waals surface area contributed by atoms with E-state index in [-0.39, 0.29) is 6.10 Å². The van der Waals surface area contributed by atoms with Crippen molar-refractivity contribution >= 4 is 34.8 Å². The Balaban J connectivity index is 1.69. The fraction of sp³-hybridized carbons (Fsp3) is 0.423. The van der Waals surface area contributed by atoms with Gasteiger partial charge in [-0.25, -0.2) is 4.68 Å². The summed E-state index contributed by atoms with van der Waals surface area (Å²) >= 11 is 1.72. The van der Waals surface area contributed by atoms with Crippen molar-refractivity contribution in [3.05, 3.63) is 47.0 Å². The van der Waals surface area contributed by atoms with E-state index >= 15 is 0 Å². The van der Waals surface area contributed by atoms with Crippen molar-refractivity contribution in [3.63, 3.8) is 0 Å². The first-order chi connectivity index (χ1) is 16.9. The van der Waals surface area contributed by atoms with E-state index in [0.717, 1.165) is 63.8 Å². The summed E-state index contributed by atoms with van der Waals surface area (Å²) in [5, 5.41) is 18.2. The largest absolute Gasteiger partial charge is 0.473 e. The van der Waals surface area contributed by atoms with Crippen LogP contribution in [0.3, 0.4) is 0 Å². The summed E-state index contributed by atoms with van der Waals surface area (Å²) in [6.07, 6.45) is 8.24. The van der Waals surface area contributed by atoms with E-state index < -0.39 is 0 Å². The van der Waals surface area contributed by atoms with Gasteiger partial charge in [-0.15, -0.1) is 11.8 Å². The Labute approximate surface area is 210 Å². The molecule has 2 bridgehead atoms. The van der Waals surface area contributed by atoms with E-state index in [1.54, 1.807) is 11.8 Å². The van der Waals surface area contributed by atoms with Crippen molar-refractivity contribution in [2.24, 2.45) is 7.05 Å². The molecule has 0 spiro atoms. The molecule has 1 atom stereocenters. The van der Waals surface area contributed by atoms with Gasteiger partial charge in [0.05, 0.1) is 40.2 Å². The Morgan fingerprint density at radius 3 is 2.86 bits per heavy atom. The third kappa shape index (κ3) is 4.50. The minimum absolute atomic E-state index is 0.0277. The van der Waals surface area contributed by atoms with Gasteiger partial charge in [0.2, 0.25) is 5.88 Å². The maximum Gasteiger partial charge on any atom is 0.220 e. The second kappa shape index (κ2) is 9.54. The van der Waals surface area contributed by atoms with Gasteiger partial charge in [-0.3, -0.25) is 14.7 Å². The van der Waals surface area contributed by atoms with E-state index in [4.69, 9.17) is 9.84 Å². The van der Waals surface area contributed by atoms with Crippen LogP contribution in [0.4, 0.5) is 0 Å². The lowest BCUT2D eigenvalue weighted by Crippen LogP contribution is -2.39. The lowest BCUT2D eigenvalue weighted by molar-refractivity contribution is 0.110. The van der Waals surface area contributed by atoms with Crippen LogP contribution in [0.5, 0.6) is 5.88 Å². The number of ether oxygens (including phenoxy) is 1. The number of hydrogen-bond acceptors (Lipinski definition) is 6. The Morgan fingerprint density at radius 2 is 2.09 bits per heavy atom. The van der Waals surface area contributed by atoms with E-state index in [2.05, 4.69) is 84.5 Å². The first-order valence-corrected chi connectivity index (χ1v) is 13.4. The number of nitrogens with one attached hydrogen (secondary N) is 1. The molecule has 0 radical (unpaired) electrons. The highest BCUT2D eigenvalue weighted by Crippen LogP contribution is 2.34. The molecule has 0 amide bonds. The topological polar surface area (TPSA) is 76.8 Å². The summed E-state index contributed by atoms with van der Waals surface area (Å²) in [7, 11) is 2.03. The summed E-state index contributed by atoms with van der Waals surface area (Å²) < 4.78 is 10.6. The highest BCUT2D eigenvalue weighted by Gasteiger charge is 2.23. The zero-order valence-electron chi connectivity index (χ0n) is 21.2. The highest BCUT2D eigenvalue weighted by atomic mass is 32.2. The molecular weight excluding hydrogens is 458 g/mol. The average Bonchev–Trinajstić information content (AvgIpc) is 3.47. The molecule has 8 nitrogen and oxygen atoms in total. The second-order valence-corrected chi connectivity index (χ2v) is 10.3. The van der Waals surface area contributed by atoms with Crippen LogP contribution in [0.15, 0.2) is 24.4 Å². The molecular formula is C26H33N7OS. The van der Waals surface area contributed by atoms with Crippen molar-refractivity contribution in [2.75, 3.05) is 12.8 Å². The molecule has 0 saturated carbocycles. The molecule has 0 saturated heterocycles. The Hall–Kier alpha value is -3.04. The number of aromatic amines is 1. The molecule has 1 aliphatic heterocycles. The molecule has 0 unspecified atom stereocenters. The second-order valence-electron chi connectivity index (χ2n) is 9.50. The van der Waals surface area contributed by atoms with Crippen molar-refractivity contribution in [1.82, 2.24) is 34.7 Å². The quantitative estimate of drug-likeness (QED) is 0.437. The van der Waals surface area contributed by atoms with Crippen LogP contribution in [-0.4, -0.2) is 59.6 Å². The average molecular weight is 492 g/mol. The highest BCUT2D eigenvalue weighted by molar-refractivity contribution is 7.97. The lowest BCUT2D eigenvalue weighted by atomic mass is 10.0. The molecule has 0 aliphatic carbocycles. The van der Waals surface area contributed by atoms with Gasteiger partial charge in [0.15, 0.2) is 0 Å². The summed E-state index contributed by atoms with van der Waals surface area (Å²) in [6, 6.07) is 6.67. The van der Waals surface area contributed by atoms with Crippen molar-refractivity contribution < 1.29 is 4.74 Å². The van der Waals surface area contributed by atoms with Gasteiger partial charge in [-0.1, -0.05) is 6.07 Å². The molecule has 9 heteroatoms. The van der Waals surface area contributed by atoms with Crippen LogP contribution in [0, 0.1) is 6.92 Å². The maximum absolute atomic E-state index is 6.63. The van der Waals surface area contributed by atoms with Gasteiger partial charge in [0, 0.05) is 37.1 Å². The summed E-state index contributed by atoms with van der Waals surface area (Å²) in [5.74, 6) is 1.54. The van der Waals surface area contributed by atoms with Crippen molar-refractivity contribution in [3.8, 4) is 17.0 Å². The van der Waals surface area contributed by atoms with E-state index in [0.29, 0.717) is 6.04 Å². The zero-order chi connectivity index (χ0) is 24.7. The Morgan fingerprint density at radius 1 is 1.26 bits per heavy atom. The number of nitrogens with zero attached hydrogens (tertiary/aromatic N) is 6. The van der Waals surface area contributed by atoms with Gasteiger partial charge in [0.25, 0.3) is 0 Å². The molecule has 35 heavy (non-hydrogen) atoms. The smallest absolute Gasteiger partial charge is 0.220 e. The Bertz CT molecular complexity index is 1380. The van der Waals surface area contributed by atoms with Gasteiger partial charge in [-0.2, -0.15) is 15.3 Å². The number of aromatic nitrogens is 6. The third-order valence-electron chi connectivity index (χ3n) is 6.63. The fourth-order valence-corrected chi connectivity index (χ4v) is 5.17. The molecule has 5 rings (SSSR count). The predicted molar refractivity (Wildman–Crippen MR) is 143 cm³/mol. The Kier molecular flexibility index (Phi) is 6.46. The molecule has 1 aromatic carbocycles. The standard InChI is InChI=1S/C26H33N7OS/c1-16(2)32-13-17(3)34-26-22(12-27-33(26)15-35-6)19-7-9-23-21(11-19)24(29-28-23)10-8-20-18(4)30-31(5)25(20)14-32/h7-12,16-17H,13-15H2,1-6H3,(H,28,29)/b10-8+/t17-/m0/s1. The van der Waals surface area contributed by atoms with Gasteiger partial charge < -0.3 is 4.74 Å². The summed E-state index contributed by atoms with van der Waals surface area (Å²) in [4.78, 5) is 2.45. The van der Waals surface area contributed by atoms with Crippen LogP contribution in [0.25, 0.3) is 34.2 Å². The van der Waals surface area contributed by atoms with Crippen LogP contribution >= 0.6 is 11.8 Å². The van der Waals surface area contributed by atoms with E-state index in [9.17, 15) is 0 Å². The first-order valence-electron chi connectivity index (χ1n) is 12.0. The first kappa shape index (κ1) is 23.7. The predicted octanol–water partition coefficient (Wildman–Crippen LogP) is 4.95. The van der Waals surface area contributed by atoms with Gasteiger partial charge in [0.1, 0.15) is 6.10 Å². The molecule has 0 fully saturated rings. The minimum atomic E-state index is -0.0277. The third-order valence-corrected chi connectivity index (χ3v) is 7.14. The van der Waals surface area contributed by atoms with Gasteiger partial charge in [-0.05, 0) is 63.8 Å². The van der Waals surface area contributed by atoms with Crippen molar-refractivity contribution in [2.45, 2.75) is 52.3 Å². The zero-order valence-corrected chi connectivity index (χ0v) is 22.1.